The third-order valence-electron chi connectivity index (χ3n) is 4.56. The lowest BCUT2D eigenvalue weighted by Crippen LogP contribution is -2.09. The number of nitrogens with zero attached hydrogens (tertiary/aromatic N) is 4. The molecule has 0 bridgehead atoms. The van der Waals surface area contributed by atoms with Gasteiger partial charge >= 0.3 is 6.18 Å². The lowest BCUT2D eigenvalue weighted by Gasteiger charge is -2.09. The SMILES string of the molecule is N#Cc1cnc(NCCc2ccccc2)nc1-c1c[nH]c2ncc(C(F)(F)F)cc12. The van der Waals surface area contributed by atoms with Gasteiger partial charge < -0.3 is 10.3 Å². The van der Waals surface area contributed by atoms with Crippen LogP contribution < -0.4 is 5.32 Å². The molecule has 9 heteroatoms. The molecule has 0 aliphatic heterocycles. The second-order valence-corrected chi connectivity index (χ2v) is 6.55. The van der Waals surface area contributed by atoms with Crippen LogP contribution in [0.1, 0.15) is 16.7 Å². The van der Waals surface area contributed by atoms with Crippen LogP contribution >= 0.6 is 0 Å². The summed E-state index contributed by atoms with van der Waals surface area (Å²) in [6.07, 6.45) is -0.165. The molecule has 0 saturated heterocycles. The number of aromatic nitrogens is 4. The van der Waals surface area contributed by atoms with Gasteiger partial charge in [0.25, 0.3) is 0 Å². The maximum absolute atomic E-state index is 13.1. The van der Waals surface area contributed by atoms with Crippen LogP contribution in [0.5, 0.6) is 0 Å². The van der Waals surface area contributed by atoms with Crippen molar-refractivity contribution >= 4 is 17.0 Å². The van der Waals surface area contributed by atoms with Crippen molar-refractivity contribution in [1.82, 2.24) is 19.9 Å². The van der Waals surface area contributed by atoms with Crippen molar-refractivity contribution in [2.75, 3.05) is 11.9 Å². The Hall–Kier alpha value is -3.93. The zero-order valence-electron chi connectivity index (χ0n) is 15.5. The molecule has 150 valence electrons. The minimum atomic E-state index is -4.52. The Kier molecular flexibility index (Phi) is 5.06. The van der Waals surface area contributed by atoms with E-state index in [2.05, 4.69) is 25.3 Å². The van der Waals surface area contributed by atoms with Crippen molar-refractivity contribution in [2.24, 2.45) is 0 Å². The van der Waals surface area contributed by atoms with Crippen LogP contribution in [0.2, 0.25) is 0 Å². The van der Waals surface area contributed by atoms with E-state index in [9.17, 15) is 18.4 Å². The quantitative estimate of drug-likeness (QED) is 0.505. The smallest absolute Gasteiger partial charge is 0.354 e. The Morgan fingerprint density at radius 2 is 1.90 bits per heavy atom. The van der Waals surface area contributed by atoms with Crippen LogP contribution in [-0.4, -0.2) is 26.5 Å². The molecule has 0 aliphatic carbocycles. The van der Waals surface area contributed by atoms with Crippen molar-refractivity contribution in [2.45, 2.75) is 12.6 Å². The molecule has 1 aromatic carbocycles. The zero-order valence-corrected chi connectivity index (χ0v) is 15.5. The summed E-state index contributed by atoms with van der Waals surface area (Å²) in [4.78, 5) is 15.2. The van der Waals surface area contributed by atoms with Gasteiger partial charge in [0.15, 0.2) is 0 Å². The predicted octanol–water partition coefficient (Wildman–Crippen LogP) is 4.56. The highest BCUT2D eigenvalue weighted by molar-refractivity contribution is 5.94. The molecule has 2 N–H and O–H groups in total. The van der Waals surface area contributed by atoms with E-state index in [1.54, 1.807) is 0 Å². The Balaban J connectivity index is 1.66. The Labute approximate surface area is 169 Å². The third kappa shape index (κ3) is 3.93. The van der Waals surface area contributed by atoms with Crippen LogP contribution in [0.3, 0.4) is 0 Å². The summed E-state index contributed by atoms with van der Waals surface area (Å²) in [5, 5.41) is 12.8. The van der Waals surface area contributed by atoms with Crippen LogP contribution in [0.4, 0.5) is 19.1 Å². The van der Waals surface area contributed by atoms with Crippen molar-refractivity contribution < 1.29 is 13.2 Å². The molecule has 3 aromatic heterocycles. The Morgan fingerprint density at radius 1 is 1.10 bits per heavy atom. The summed E-state index contributed by atoms with van der Waals surface area (Å²) in [5.41, 5.74) is 1.29. The van der Waals surface area contributed by atoms with Crippen LogP contribution in [0, 0.1) is 11.3 Å². The number of benzene rings is 1. The summed E-state index contributed by atoms with van der Waals surface area (Å²) < 4.78 is 39.3. The number of hydrogen-bond donors (Lipinski definition) is 2. The van der Waals surface area contributed by atoms with E-state index in [1.165, 1.54) is 12.4 Å². The molecule has 0 radical (unpaired) electrons. The molecular weight excluding hydrogens is 393 g/mol. The second kappa shape index (κ2) is 7.83. The summed E-state index contributed by atoms with van der Waals surface area (Å²) in [7, 11) is 0. The number of pyridine rings is 1. The van der Waals surface area contributed by atoms with Gasteiger partial charge in [-0.1, -0.05) is 30.3 Å². The number of hydrogen-bond acceptors (Lipinski definition) is 5. The van der Waals surface area contributed by atoms with Gasteiger partial charge in [-0.05, 0) is 18.1 Å². The Morgan fingerprint density at radius 3 is 2.63 bits per heavy atom. The standard InChI is InChI=1S/C21H15F3N6/c22-21(23,24)15-8-16-17(12-28-19(16)27-11-15)18-14(9-25)10-29-20(30-18)26-7-6-13-4-2-1-3-5-13/h1-5,8,10-12H,6-7H2,(H,27,28)(H,26,29,30). The van der Waals surface area contributed by atoms with E-state index < -0.39 is 11.7 Å². The average molecular weight is 408 g/mol. The largest absolute Gasteiger partial charge is 0.417 e. The molecule has 0 aliphatic rings. The fourth-order valence-corrected chi connectivity index (χ4v) is 3.07. The molecule has 0 atom stereocenters. The topological polar surface area (TPSA) is 90.3 Å². The first-order chi connectivity index (χ1) is 14.5. The number of anilines is 1. The lowest BCUT2D eigenvalue weighted by atomic mass is 10.1. The van der Waals surface area contributed by atoms with Gasteiger partial charge in [0.05, 0.1) is 23.0 Å². The molecule has 3 heterocycles. The van der Waals surface area contributed by atoms with Gasteiger partial charge in [-0.3, -0.25) is 0 Å². The van der Waals surface area contributed by atoms with E-state index in [4.69, 9.17) is 0 Å². The van der Waals surface area contributed by atoms with Crippen molar-refractivity contribution in [3.8, 4) is 17.3 Å². The molecular formula is C21H15F3N6. The van der Waals surface area contributed by atoms with E-state index in [0.29, 0.717) is 12.1 Å². The van der Waals surface area contributed by atoms with Gasteiger partial charge in [0.2, 0.25) is 5.95 Å². The number of H-pyrrole nitrogens is 1. The fourth-order valence-electron chi connectivity index (χ4n) is 3.07. The normalized spacial score (nSPS) is 11.4. The molecule has 6 nitrogen and oxygen atoms in total. The molecule has 4 rings (SSSR count). The minimum Gasteiger partial charge on any atom is -0.354 e. The molecule has 0 saturated carbocycles. The van der Waals surface area contributed by atoms with Gasteiger partial charge in [-0.2, -0.15) is 18.4 Å². The maximum atomic E-state index is 13.1. The fraction of sp³-hybridized carbons (Fsp3) is 0.143. The molecule has 0 amide bonds. The predicted molar refractivity (Wildman–Crippen MR) is 105 cm³/mol. The zero-order chi connectivity index (χ0) is 21.1. The van der Waals surface area contributed by atoms with E-state index in [1.807, 2.05) is 36.4 Å². The van der Waals surface area contributed by atoms with Gasteiger partial charge in [0, 0.05) is 29.9 Å². The van der Waals surface area contributed by atoms with Crippen molar-refractivity contribution in [1.29, 1.82) is 5.26 Å². The van der Waals surface area contributed by atoms with Gasteiger partial charge in [0.1, 0.15) is 11.7 Å². The van der Waals surface area contributed by atoms with Gasteiger partial charge in [-0.25, -0.2) is 15.0 Å². The van der Waals surface area contributed by atoms with Crippen molar-refractivity contribution in [3.63, 3.8) is 0 Å². The Bertz CT molecular complexity index is 1230. The van der Waals surface area contributed by atoms with Gasteiger partial charge in [-0.15, -0.1) is 0 Å². The summed E-state index contributed by atoms with van der Waals surface area (Å²) in [6.45, 7) is 0.559. The first-order valence-electron chi connectivity index (χ1n) is 9.05. The number of alkyl halides is 3. The van der Waals surface area contributed by atoms with Crippen molar-refractivity contribution in [3.05, 3.63) is 71.7 Å². The van der Waals surface area contributed by atoms with Crippen LogP contribution in [0.25, 0.3) is 22.3 Å². The molecule has 4 aromatic rings. The number of aromatic amines is 1. The number of nitriles is 1. The second-order valence-electron chi connectivity index (χ2n) is 6.55. The number of halogens is 3. The molecule has 0 spiro atoms. The third-order valence-corrected chi connectivity index (χ3v) is 4.56. The maximum Gasteiger partial charge on any atom is 0.417 e. The molecule has 0 fully saturated rings. The molecule has 30 heavy (non-hydrogen) atoms. The number of fused-ring (bicyclic) bond motifs is 1. The lowest BCUT2D eigenvalue weighted by molar-refractivity contribution is -0.137. The van der Waals surface area contributed by atoms with E-state index >= 15 is 0 Å². The highest BCUT2D eigenvalue weighted by atomic mass is 19.4. The van der Waals surface area contributed by atoms with Crippen LogP contribution in [0.15, 0.2) is 55.0 Å². The first kappa shape index (κ1) is 19.4. The summed E-state index contributed by atoms with van der Waals surface area (Å²) >= 11 is 0. The number of nitrogens with one attached hydrogen (secondary N) is 2. The molecule has 0 unspecified atom stereocenters. The van der Waals surface area contributed by atoms with E-state index in [-0.39, 0.29) is 28.2 Å². The highest BCUT2D eigenvalue weighted by Crippen LogP contribution is 2.34. The highest BCUT2D eigenvalue weighted by Gasteiger charge is 2.31. The monoisotopic (exact) mass is 408 g/mol. The summed E-state index contributed by atoms with van der Waals surface area (Å²) in [6, 6.07) is 12.8. The minimum absolute atomic E-state index is 0.155. The first-order valence-corrected chi connectivity index (χ1v) is 9.05. The summed E-state index contributed by atoms with van der Waals surface area (Å²) in [5.74, 6) is 0.286. The average Bonchev–Trinajstić information content (AvgIpc) is 3.17. The number of rotatable bonds is 5. The van der Waals surface area contributed by atoms with E-state index in [0.717, 1.165) is 24.2 Å². The van der Waals surface area contributed by atoms with Crippen LogP contribution in [-0.2, 0) is 12.6 Å².